The van der Waals surface area contributed by atoms with E-state index >= 15 is 0 Å². The molecule has 3 nitrogen and oxygen atoms in total. The zero-order chi connectivity index (χ0) is 12.4. The molecule has 1 aromatic rings. The highest BCUT2D eigenvalue weighted by Crippen LogP contribution is 2.33. The van der Waals surface area contributed by atoms with Gasteiger partial charge in [-0.05, 0) is 44.6 Å². The fourth-order valence-electron chi connectivity index (χ4n) is 3.57. The third-order valence-electron chi connectivity index (χ3n) is 4.73. The van der Waals surface area contributed by atoms with Gasteiger partial charge in [-0.25, -0.2) is 4.98 Å². The van der Waals surface area contributed by atoms with Gasteiger partial charge in [0, 0.05) is 18.3 Å². The minimum atomic E-state index is 0.549. The van der Waals surface area contributed by atoms with E-state index < -0.39 is 0 Å². The van der Waals surface area contributed by atoms with Crippen LogP contribution in [-0.4, -0.2) is 16.1 Å². The van der Waals surface area contributed by atoms with Crippen LogP contribution < -0.4 is 5.32 Å². The number of nitrogens with zero attached hydrogens (tertiary/aromatic N) is 2. The molecule has 2 fully saturated rings. The molecule has 0 amide bonds. The van der Waals surface area contributed by atoms with Crippen LogP contribution in [0.2, 0.25) is 0 Å². The molecule has 3 heteroatoms. The first-order chi connectivity index (χ1) is 8.84. The van der Waals surface area contributed by atoms with Crippen LogP contribution in [0.15, 0.2) is 12.5 Å². The molecular formula is C15H25N3. The molecule has 0 radical (unpaired) electrons. The minimum Gasteiger partial charge on any atom is -0.330 e. The third-order valence-corrected chi connectivity index (χ3v) is 4.73. The van der Waals surface area contributed by atoms with E-state index in [0.717, 1.165) is 12.5 Å². The lowest BCUT2D eigenvalue weighted by molar-refractivity contribution is 0.409. The van der Waals surface area contributed by atoms with Crippen molar-refractivity contribution in [3.05, 3.63) is 18.2 Å². The molecule has 100 valence electrons. The summed E-state index contributed by atoms with van der Waals surface area (Å²) in [5.41, 5.74) is 1.42. The first kappa shape index (κ1) is 12.2. The van der Waals surface area contributed by atoms with Gasteiger partial charge in [0.05, 0.1) is 12.0 Å². The van der Waals surface area contributed by atoms with Gasteiger partial charge in [-0.2, -0.15) is 0 Å². The highest BCUT2D eigenvalue weighted by Gasteiger charge is 2.24. The Bertz CT molecular complexity index is 379. The lowest BCUT2D eigenvalue weighted by Crippen LogP contribution is -2.19. The second-order valence-electron chi connectivity index (χ2n) is 6.14. The van der Waals surface area contributed by atoms with Crippen molar-refractivity contribution in [3.63, 3.8) is 0 Å². The lowest BCUT2D eigenvalue weighted by atomic mass is 10.0. The number of rotatable bonds is 2. The van der Waals surface area contributed by atoms with Crippen LogP contribution in [0.4, 0.5) is 0 Å². The second kappa shape index (κ2) is 5.43. The number of hydrogen-bond donors (Lipinski definition) is 1. The SMILES string of the molecule is CC1CCCC(n2cncc2[C@@H]2CCCN2)CC1. The maximum atomic E-state index is 4.41. The highest BCUT2D eigenvalue weighted by atomic mass is 15.1. The van der Waals surface area contributed by atoms with Crippen LogP contribution in [0.3, 0.4) is 0 Å². The van der Waals surface area contributed by atoms with Crippen LogP contribution in [0.25, 0.3) is 0 Å². The van der Waals surface area contributed by atoms with Crippen LogP contribution in [0, 0.1) is 5.92 Å². The van der Waals surface area contributed by atoms with Crippen LogP contribution >= 0.6 is 0 Å². The summed E-state index contributed by atoms with van der Waals surface area (Å²) in [6, 6.07) is 1.24. The van der Waals surface area contributed by atoms with Gasteiger partial charge in [-0.15, -0.1) is 0 Å². The van der Waals surface area contributed by atoms with E-state index in [1.165, 1.54) is 50.6 Å². The van der Waals surface area contributed by atoms with Gasteiger partial charge in [0.25, 0.3) is 0 Å². The molecule has 3 atom stereocenters. The van der Waals surface area contributed by atoms with E-state index in [1.807, 2.05) is 0 Å². The van der Waals surface area contributed by atoms with Gasteiger partial charge in [-0.3, -0.25) is 0 Å². The van der Waals surface area contributed by atoms with Crippen molar-refractivity contribution in [1.29, 1.82) is 0 Å². The van der Waals surface area contributed by atoms with Crippen molar-refractivity contribution in [2.45, 2.75) is 64.0 Å². The summed E-state index contributed by atoms with van der Waals surface area (Å²) in [4.78, 5) is 4.41. The van der Waals surface area contributed by atoms with Gasteiger partial charge in [0.1, 0.15) is 0 Å². The predicted octanol–water partition coefficient (Wildman–Crippen LogP) is 3.45. The first-order valence-corrected chi connectivity index (χ1v) is 7.59. The Morgan fingerprint density at radius 2 is 2.11 bits per heavy atom. The van der Waals surface area contributed by atoms with Gasteiger partial charge in [-0.1, -0.05) is 19.8 Å². The Hall–Kier alpha value is -0.830. The quantitative estimate of drug-likeness (QED) is 0.811. The molecule has 1 N–H and O–H groups in total. The van der Waals surface area contributed by atoms with Gasteiger partial charge >= 0.3 is 0 Å². The monoisotopic (exact) mass is 247 g/mol. The zero-order valence-corrected chi connectivity index (χ0v) is 11.4. The van der Waals surface area contributed by atoms with Crippen LogP contribution in [-0.2, 0) is 0 Å². The molecule has 1 saturated heterocycles. The molecule has 1 aliphatic heterocycles. The summed E-state index contributed by atoms with van der Waals surface area (Å²) in [5, 5.41) is 3.60. The molecule has 0 bridgehead atoms. The van der Waals surface area contributed by atoms with Gasteiger partial charge < -0.3 is 9.88 Å². The van der Waals surface area contributed by atoms with Crippen molar-refractivity contribution < 1.29 is 0 Å². The normalized spacial score (nSPS) is 33.5. The van der Waals surface area contributed by atoms with Crippen molar-refractivity contribution in [2.24, 2.45) is 5.92 Å². The zero-order valence-electron chi connectivity index (χ0n) is 11.4. The average molecular weight is 247 g/mol. The second-order valence-corrected chi connectivity index (χ2v) is 6.14. The summed E-state index contributed by atoms with van der Waals surface area (Å²) in [7, 11) is 0. The first-order valence-electron chi connectivity index (χ1n) is 7.59. The molecular weight excluding hydrogens is 222 g/mol. The van der Waals surface area contributed by atoms with E-state index in [9.17, 15) is 0 Å². The van der Waals surface area contributed by atoms with Gasteiger partial charge in [0.2, 0.25) is 0 Å². The average Bonchev–Trinajstić information content (AvgIpc) is 2.99. The Balaban J connectivity index is 1.76. The van der Waals surface area contributed by atoms with E-state index in [2.05, 4.69) is 34.3 Å². The number of nitrogens with one attached hydrogen (secondary N) is 1. The van der Waals surface area contributed by atoms with Crippen LogP contribution in [0.1, 0.15) is 69.6 Å². The molecule has 0 aromatic carbocycles. The summed E-state index contributed by atoms with van der Waals surface area (Å²) < 4.78 is 2.47. The maximum absolute atomic E-state index is 4.41. The third kappa shape index (κ3) is 2.46. The lowest BCUT2D eigenvalue weighted by Gasteiger charge is -2.22. The predicted molar refractivity (Wildman–Crippen MR) is 73.5 cm³/mol. The summed E-state index contributed by atoms with van der Waals surface area (Å²) in [6.07, 6.45) is 13.5. The van der Waals surface area contributed by atoms with Crippen LogP contribution in [0.5, 0.6) is 0 Å². The van der Waals surface area contributed by atoms with E-state index in [0.29, 0.717) is 12.1 Å². The molecule has 3 rings (SSSR count). The molecule has 2 heterocycles. The van der Waals surface area contributed by atoms with E-state index in [4.69, 9.17) is 0 Å². The Kier molecular flexibility index (Phi) is 3.69. The fourth-order valence-corrected chi connectivity index (χ4v) is 3.57. The summed E-state index contributed by atoms with van der Waals surface area (Å²) in [5.74, 6) is 0.909. The van der Waals surface area contributed by atoms with Gasteiger partial charge in [0.15, 0.2) is 0 Å². The van der Waals surface area contributed by atoms with Crippen molar-refractivity contribution >= 4 is 0 Å². The summed E-state index contributed by atoms with van der Waals surface area (Å²) in [6.45, 7) is 3.56. The molecule has 1 saturated carbocycles. The number of aromatic nitrogens is 2. The molecule has 2 aliphatic rings. The standard InChI is InChI=1S/C15H25N3/c1-12-4-2-5-13(8-7-12)18-11-16-10-15(18)14-6-3-9-17-14/h10-14,17H,2-9H2,1H3/t12?,13?,14-/m0/s1. The maximum Gasteiger partial charge on any atom is 0.0951 e. The van der Waals surface area contributed by atoms with Crippen molar-refractivity contribution in [1.82, 2.24) is 14.9 Å². The van der Waals surface area contributed by atoms with Crippen molar-refractivity contribution in [2.75, 3.05) is 6.54 Å². The minimum absolute atomic E-state index is 0.549. The number of imidazole rings is 1. The Morgan fingerprint density at radius 1 is 1.17 bits per heavy atom. The number of hydrogen-bond acceptors (Lipinski definition) is 2. The molecule has 0 spiro atoms. The van der Waals surface area contributed by atoms with E-state index in [-0.39, 0.29) is 0 Å². The molecule has 2 unspecified atom stereocenters. The molecule has 1 aromatic heterocycles. The molecule has 18 heavy (non-hydrogen) atoms. The molecule has 1 aliphatic carbocycles. The van der Waals surface area contributed by atoms with Crippen molar-refractivity contribution in [3.8, 4) is 0 Å². The topological polar surface area (TPSA) is 29.9 Å². The Morgan fingerprint density at radius 3 is 2.94 bits per heavy atom. The summed E-state index contributed by atoms with van der Waals surface area (Å²) >= 11 is 0. The smallest absolute Gasteiger partial charge is 0.0951 e. The van der Waals surface area contributed by atoms with E-state index in [1.54, 1.807) is 0 Å². The Labute approximate surface area is 110 Å². The largest absolute Gasteiger partial charge is 0.330 e. The highest BCUT2D eigenvalue weighted by molar-refractivity contribution is 5.08. The fraction of sp³-hybridized carbons (Fsp3) is 0.800.